The molecule has 2 saturated heterocycles. The lowest BCUT2D eigenvalue weighted by atomic mass is 9.93. The molecule has 19 heteroatoms. The highest BCUT2D eigenvalue weighted by Crippen LogP contribution is 2.37. The Hall–Kier alpha value is -5.92. The fraction of sp³-hybridized carbons (Fsp3) is 0.465. The van der Waals surface area contributed by atoms with Crippen LogP contribution in [0.1, 0.15) is 73.9 Å². The van der Waals surface area contributed by atoms with E-state index in [1.54, 1.807) is 17.9 Å². The number of carbonyl (C=O) groups is 2. The average Bonchev–Trinajstić information content (AvgIpc) is 3.92. The van der Waals surface area contributed by atoms with Crippen molar-refractivity contribution in [1.29, 1.82) is 0 Å². The zero-order chi connectivity index (χ0) is 43.1. The minimum atomic E-state index is -4.27. The standard InChI is InChI=1S/C43H49F3N12O4/c1-53-37-20-28(4-11-35(37)58(42(53)62)36-12-13-38(60)49-40(36)61)23-56-25-30(51-52-56)24-55-18-16-54(17-19-55)22-27-2-5-29(6-3-27)34-26-57(31-7-9-32(59)10-8-31)39-33(34)21-48-41(50-39)47-15-14-43(44,45)46/h2-6,11,20-21,25-26,31-32,36,59H,7-10,12-19,22-24H2,1H3,(H,47,48,50)(H,49,60,61)/t31-,32-,36-/m0/s1. The maximum atomic E-state index is 13.2. The van der Waals surface area contributed by atoms with Gasteiger partial charge in [0.05, 0.1) is 42.0 Å². The summed E-state index contributed by atoms with van der Waals surface area (Å²) < 4.78 is 45.3. The number of nitrogens with zero attached hydrogens (tertiary/aromatic N) is 10. The van der Waals surface area contributed by atoms with E-state index >= 15 is 0 Å². The summed E-state index contributed by atoms with van der Waals surface area (Å²) in [5, 5.41) is 24.9. The molecule has 2 amide bonds. The number of rotatable bonds is 12. The highest BCUT2D eigenvalue weighted by atomic mass is 19.4. The van der Waals surface area contributed by atoms with Crippen LogP contribution in [0, 0.1) is 0 Å². The van der Waals surface area contributed by atoms with E-state index in [1.807, 2.05) is 24.4 Å². The van der Waals surface area contributed by atoms with Crippen LogP contribution in [0.4, 0.5) is 19.1 Å². The lowest BCUT2D eigenvalue weighted by Crippen LogP contribution is -2.45. The molecule has 3 N–H and O–H groups in total. The Morgan fingerprint density at radius 3 is 2.32 bits per heavy atom. The molecule has 6 aromatic rings. The van der Waals surface area contributed by atoms with Crippen LogP contribution in [0.2, 0.25) is 0 Å². The number of hydrogen-bond acceptors (Lipinski definition) is 11. The summed E-state index contributed by atoms with van der Waals surface area (Å²) in [5.74, 6) is -0.627. The summed E-state index contributed by atoms with van der Waals surface area (Å²) >= 11 is 0. The number of halogens is 3. The van der Waals surface area contributed by atoms with E-state index in [1.165, 1.54) is 14.7 Å². The summed E-state index contributed by atoms with van der Waals surface area (Å²) in [5.41, 5.74) is 6.64. The predicted octanol–water partition coefficient (Wildman–Crippen LogP) is 4.53. The third-order valence-corrected chi connectivity index (χ3v) is 12.5. The second-order valence-corrected chi connectivity index (χ2v) is 16.8. The molecule has 3 aliphatic rings. The van der Waals surface area contributed by atoms with Gasteiger partial charge >= 0.3 is 11.9 Å². The first-order chi connectivity index (χ1) is 29.8. The molecule has 6 heterocycles. The van der Waals surface area contributed by atoms with Crippen LogP contribution in [0.15, 0.2) is 65.8 Å². The van der Waals surface area contributed by atoms with Crippen LogP contribution in [0.25, 0.3) is 33.2 Å². The Bertz CT molecular complexity index is 2650. The second-order valence-electron chi connectivity index (χ2n) is 16.8. The molecule has 0 unspecified atom stereocenters. The number of imide groups is 1. The normalized spacial score (nSPS) is 20.6. The number of piperidine rings is 1. The molecule has 0 spiro atoms. The smallest absolute Gasteiger partial charge is 0.390 e. The molecule has 0 radical (unpaired) electrons. The monoisotopic (exact) mass is 854 g/mol. The van der Waals surface area contributed by atoms with Crippen molar-refractivity contribution in [2.24, 2.45) is 7.05 Å². The Labute approximate surface area is 354 Å². The number of hydrogen-bond donors (Lipinski definition) is 3. The molecule has 2 aromatic carbocycles. The van der Waals surface area contributed by atoms with Crippen molar-refractivity contribution in [2.45, 2.75) is 88.9 Å². The molecule has 3 fully saturated rings. The van der Waals surface area contributed by atoms with Crippen LogP contribution < -0.4 is 16.3 Å². The minimum absolute atomic E-state index is 0.118. The number of aryl methyl sites for hydroxylation is 1. The summed E-state index contributed by atoms with van der Waals surface area (Å²) in [7, 11) is 1.68. The third kappa shape index (κ3) is 8.87. The van der Waals surface area contributed by atoms with Gasteiger partial charge in [0.25, 0.3) is 0 Å². The van der Waals surface area contributed by atoms with Gasteiger partial charge in [-0.3, -0.25) is 33.8 Å². The van der Waals surface area contributed by atoms with Gasteiger partial charge in [0.15, 0.2) is 0 Å². The van der Waals surface area contributed by atoms with E-state index in [9.17, 15) is 32.7 Å². The van der Waals surface area contributed by atoms with E-state index in [4.69, 9.17) is 0 Å². The van der Waals surface area contributed by atoms with E-state index in [2.05, 4.69) is 75.7 Å². The molecule has 326 valence electrons. The fourth-order valence-electron chi connectivity index (χ4n) is 9.07. The summed E-state index contributed by atoms with van der Waals surface area (Å²) in [6.07, 6.45) is 3.54. The van der Waals surface area contributed by atoms with Crippen molar-refractivity contribution in [1.82, 2.24) is 53.8 Å². The van der Waals surface area contributed by atoms with Crippen LogP contribution in [0.5, 0.6) is 0 Å². The number of aliphatic hydroxyl groups is 1. The predicted molar refractivity (Wildman–Crippen MR) is 224 cm³/mol. The summed E-state index contributed by atoms with van der Waals surface area (Å²) in [4.78, 5) is 51.3. The lowest BCUT2D eigenvalue weighted by Gasteiger charge is -2.34. The van der Waals surface area contributed by atoms with Gasteiger partial charge < -0.3 is 15.0 Å². The fourth-order valence-corrected chi connectivity index (χ4v) is 9.07. The Morgan fingerprint density at radius 2 is 1.60 bits per heavy atom. The van der Waals surface area contributed by atoms with E-state index < -0.39 is 24.5 Å². The van der Waals surface area contributed by atoms with Crippen LogP contribution in [-0.2, 0) is 36.3 Å². The van der Waals surface area contributed by atoms with Crippen molar-refractivity contribution in [2.75, 3.05) is 38.0 Å². The molecule has 4 aromatic heterocycles. The highest BCUT2D eigenvalue weighted by molar-refractivity contribution is 6.00. The quantitative estimate of drug-likeness (QED) is 0.148. The van der Waals surface area contributed by atoms with Crippen molar-refractivity contribution in [3.63, 3.8) is 0 Å². The Balaban J connectivity index is 0.801. The highest BCUT2D eigenvalue weighted by Gasteiger charge is 2.32. The van der Waals surface area contributed by atoms with Crippen molar-refractivity contribution in [3.8, 4) is 11.1 Å². The SMILES string of the molecule is Cn1c(=O)n([C@H]2CCC(=O)NC2=O)c2ccc(Cn3cc(CN4CCN(Cc5ccc(-c6cn([C@H]7CC[C@H](O)CC7)c7nc(NCCC(F)(F)F)ncc67)cc5)CC4)nn3)cc21. The number of imidazole rings is 1. The summed E-state index contributed by atoms with van der Waals surface area (Å²) in [6, 6.07) is 13.5. The van der Waals surface area contributed by atoms with Crippen molar-refractivity contribution in [3.05, 3.63) is 88.4 Å². The molecule has 1 aliphatic carbocycles. The number of aliphatic hydroxyl groups excluding tert-OH is 1. The van der Waals surface area contributed by atoms with Crippen LogP contribution in [0.3, 0.4) is 0 Å². The first-order valence-electron chi connectivity index (χ1n) is 21.2. The maximum Gasteiger partial charge on any atom is 0.390 e. The lowest BCUT2D eigenvalue weighted by molar-refractivity contribution is -0.136. The van der Waals surface area contributed by atoms with Gasteiger partial charge in [0.2, 0.25) is 17.8 Å². The van der Waals surface area contributed by atoms with Gasteiger partial charge in [-0.25, -0.2) is 14.5 Å². The number of aromatic nitrogens is 8. The minimum Gasteiger partial charge on any atom is -0.393 e. The van der Waals surface area contributed by atoms with Crippen molar-refractivity contribution < 1.29 is 27.9 Å². The summed E-state index contributed by atoms with van der Waals surface area (Å²) in [6.45, 7) is 5.18. The molecule has 9 rings (SSSR count). The van der Waals surface area contributed by atoms with Gasteiger partial charge in [-0.15, -0.1) is 5.10 Å². The Morgan fingerprint density at radius 1 is 0.871 bits per heavy atom. The number of amides is 2. The number of fused-ring (bicyclic) bond motifs is 2. The number of carbonyl (C=O) groups excluding carboxylic acids is 2. The van der Waals surface area contributed by atoms with E-state index in [0.29, 0.717) is 42.6 Å². The van der Waals surface area contributed by atoms with Crippen LogP contribution >= 0.6 is 0 Å². The molecular formula is C43H49F3N12O4. The van der Waals surface area contributed by atoms with Gasteiger partial charge in [-0.1, -0.05) is 35.5 Å². The number of benzene rings is 2. The molecule has 0 bridgehead atoms. The largest absolute Gasteiger partial charge is 0.393 e. The van der Waals surface area contributed by atoms with Gasteiger partial charge in [0, 0.05) is 88.7 Å². The molecule has 1 saturated carbocycles. The average molecular weight is 855 g/mol. The van der Waals surface area contributed by atoms with E-state index in [0.717, 1.165) is 73.3 Å². The zero-order valence-electron chi connectivity index (χ0n) is 34.4. The Kier molecular flexibility index (Phi) is 11.4. The number of piperazine rings is 1. The molecule has 1 atom stereocenters. The van der Waals surface area contributed by atoms with E-state index in [-0.39, 0.29) is 49.1 Å². The van der Waals surface area contributed by atoms with Crippen LogP contribution in [-0.4, -0.2) is 110 Å². The number of anilines is 1. The maximum absolute atomic E-state index is 13.2. The first-order valence-corrected chi connectivity index (χ1v) is 21.2. The topological polar surface area (TPSA) is 173 Å². The zero-order valence-corrected chi connectivity index (χ0v) is 34.4. The van der Waals surface area contributed by atoms with Gasteiger partial charge in [-0.2, -0.15) is 18.2 Å². The van der Waals surface area contributed by atoms with Crippen molar-refractivity contribution >= 4 is 39.8 Å². The third-order valence-electron chi connectivity index (χ3n) is 12.5. The van der Waals surface area contributed by atoms with Gasteiger partial charge in [0.1, 0.15) is 11.7 Å². The molecule has 16 nitrogen and oxygen atoms in total. The first kappa shape index (κ1) is 41.4. The molecule has 2 aliphatic heterocycles. The molecular weight excluding hydrogens is 806 g/mol. The van der Waals surface area contributed by atoms with Gasteiger partial charge in [-0.05, 0) is 60.9 Å². The number of nitrogens with one attached hydrogen (secondary N) is 2. The number of alkyl halides is 3. The second kappa shape index (κ2) is 17.1. The molecule has 62 heavy (non-hydrogen) atoms.